The fraction of sp³-hybridized carbons (Fsp3) is 0.625. The van der Waals surface area contributed by atoms with Crippen LogP contribution in [0.4, 0.5) is 0 Å². The van der Waals surface area contributed by atoms with Gasteiger partial charge >= 0.3 is 0 Å². The number of benzene rings is 1. The highest BCUT2D eigenvalue weighted by Crippen LogP contribution is 2.25. The minimum Gasteiger partial charge on any atom is -0.496 e. The van der Waals surface area contributed by atoms with Crippen LogP contribution in [-0.4, -0.2) is 38.7 Å². The van der Waals surface area contributed by atoms with Crippen molar-refractivity contribution in [2.45, 2.75) is 25.8 Å². The summed E-state index contributed by atoms with van der Waals surface area (Å²) < 4.78 is 5.43. The molecule has 19 heavy (non-hydrogen) atoms. The van der Waals surface area contributed by atoms with Crippen LogP contribution in [0, 0.1) is 5.92 Å². The molecular weight excluding hydrogens is 236 g/mol. The molecule has 1 N–H and O–H groups in total. The Morgan fingerprint density at radius 3 is 2.68 bits per heavy atom. The second kappa shape index (κ2) is 6.92. The van der Waals surface area contributed by atoms with E-state index in [1.54, 1.807) is 7.11 Å². The standard InChI is InChI=1S/C16H26N2O/c1-13(15-6-4-5-7-16(15)19-3)17-12-14-8-10-18(2)11-9-14/h4-7,13-14,17H,8-12H2,1-3H3/t13-/m1/s1. The molecule has 2 rings (SSSR count). The van der Waals surface area contributed by atoms with E-state index in [1.165, 1.54) is 31.5 Å². The third-order valence-electron chi connectivity index (χ3n) is 4.16. The number of para-hydroxylation sites is 1. The minimum atomic E-state index is 0.343. The molecule has 0 aromatic heterocycles. The molecule has 1 fully saturated rings. The summed E-state index contributed by atoms with van der Waals surface area (Å²) in [6.07, 6.45) is 2.62. The van der Waals surface area contributed by atoms with Crippen molar-refractivity contribution in [2.24, 2.45) is 5.92 Å². The Hall–Kier alpha value is -1.06. The molecule has 3 heteroatoms. The summed E-state index contributed by atoms with van der Waals surface area (Å²) in [5.74, 6) is 1.79. The summed E-state index contributed by atoms with van der Waals surface area (Å²) in [6, 6.07) is 8.61. The molecule has 1 aliphatic rings. The summed E-state index contributed by atoms with van der Waals surface area (Å²) in [6.45, 7) is 5.78. The maximum Gasteiger partial charge on any atom is 0.123 e. The molecule has 1 aliphatic heterocycles. The van der Waals surface area contributed by atoms with Gasteiger partial charge < -0.3 is 15.0 Å². The SMILES string of the molecule is COc1ccccc1[C@@H](C)NCC1CCN(C)CC1. The maximum atomic E-state index is 5.43. The first-order valence-corrected chi connectivity index (χ1v) is 7.25. The van der Waals surface area contributed by atoms with Gasteiger partial charge in [0.15, 0.2) is 0 Å². The van der Waals surface area contributed by atoms with Gasteiger partial charge in [-0.1, -0.05) is 18.2 Å². The lowest BCUT2D eigenvalue weighted by molar-refractivity contribution is 0.213. The first-order valence-electron chi connectivity index (χ1n) is 7.25. The van der Waals surface area contributed by atoms with Crippen LogP contribution >= 0.6 is 0 Å². The lowest BCUT2D eigenvalue weighted by Crippen LogP contribution is -2.35. The Morgan fingerprint density at radius 2 is 2.00 bits per heavy atom. The largest absolute Gasteiger partial charge is 0.496 e. The van der Waals surface area contributed by atoms with E-state index in [2.05, 4.69) is 36.3 Å². The second-order valence-corrected chi connectivity index (χ2v) is 5.62. The van der Waals surface area contributed by atoms with Crippen LogP contribution in [0.5, 0.6) is 5.75 Å². The van der Waals surface area contributed by atoms with Crippen LogP contribution in [0.25, 0.3) is 0 Å². The predicted octanol–water partition coefficient (Wildman–Crippen LogP) is 2.69. The Morgan fingerprint density at radius 1 is 1.32 bits per heavy atom. The quantitative estimate of drug-likeness (QED) is 0.883. The van der Waals surface area contributed by atoms with E-state index in [9.17, 15) is 0 Å². The number of methoxy groups -OCH3 is 1. The van der Waals surface area contributed by atoms with Crippen LogP contribution < -0.4 is 10.1 Å². The molecule has 1 aromatic rings. The summed E-state index contributed by atoms with van der Waals surface area (Å²) in [5.41, 5.74) is 1.25. The molecule has 1 saturated heterocycles. The normalized spacial score (nSPS) is 19.3. The zero-order valence-corrected chi connectivity index (χ0v) is 12.4. The molecule has 1 aromatic carbocycles. The van der Waals surface area contributed by atoms with Crippen molar-refractivity contribution in [3.63, 3.8) is 0 Å². The van der Waals surface area contributed by atoms with Gasteiger partial charge in [0.25, 0.3) is 0 Å². The number of nitrogens with zero attached hydrogens (tertiary/aromatic N) is 1. The first kappa shape index (κ1) is 14.4. The average molecular weight is 262 g/mol. The molecule has 0 spiro atoms. The predicted molar refractivity (Wildman–Crippen MR) is 79.6 cm³/mol. The van der Waals surface area contributed by atoms with Crippen LogP contribution in [-0.2, 0) is 0 Å². The number of piperidine rings is 1. The summed E-state index contributed by atoms with van der Waals surface area (Å²) >= 11 is 0. The summed E-state index contributed by atoms with van der Waals surface area (Å²) in [5, 5.41) is 3.66. The minimum absolute atomic E-state index is 0.343. The topological polar surface area (TPSA) is 24.5 Å². The highest BCUT2D eigenvalue weighted by atomic mass is 16.5. The smallest absolute Gasteiger partial charge is 0.123 e. The molecule has 0 radical (unpaired) electrons. The molecule has 1 atom stereocenters. The van der Waals surface area contributed by atoms with Gasteiger partial charge in [-0.2, -0.15) is 0 Å². The van der Waals surface area contributed by atoms with Crippen molar-refractivity contribution >= 4 is 0 Å². The lowest BCUT2D eigenvalue weighted by Gasteiger charge is -2.30. The Labute approximate surface area is 116 Å². The highest BCUT2D eigenvalue weighted by molar-refractivity contribution is 5.35. The third kappa shape index (κ3) is 3.95. The van der Waals surface area contributed by atoms with Crippen molar-refractivity contribution < 1.29 is 4.74 Å². The number of nitrogens with one attached hydrogen (secondary N) is 1. The van der Waals surface area contributed by atoms with Gasteiger partial charge in [0, 0.05) is 11.6 Å². The monoisotopic (exact) mass is 262 g/mol. The van der Waals surface area contributed by atoms with E-state index < -0.39 is 0 Å². The Kier molecular flexibility index (Phi) is 5.23. The van der Waals surface area contributed by atoms with E-state index in [4.69, 9.17) is 4.74 Å². The number of hydrogen-bond donors (Lipinski definition) is 1. The molecule has 0 aliphatic carbocycles. The summed E-state index contributed by atoms with van der Waals surface area (Å²) in [7, 11) is 3.95. The van der Waals surface area contributed by atoms with Gasteiger partial charge in [-0.05, 0) is 58.4 Å². The van der Waals surface area contributed by atoms with Crippen molar-refractivity contribution in [3.8, 4) is 5.75 Å². The van der Waals surface area contributed by atoms with Gasteiger partial charge in [0.1, 0.15) is 5.75 Å². The maximum absolute atomic E-state index is 5.43. The molecule has 1 heterocycles. The molecule has 106 valence electrons. The average Bonchev–Trinajstić information content (AvgIpc) is 2.46. The van der Waals surface area contributed by atoms with Gasteiger partial charge in [-0.15, -0.1) is 0 Å². The Balaban J connectivity index is 1.85. The van der Waals surface area contributed by atoms with Crippen LogP contribution in [0.3, 0.4) is 0 Å². The fourth-order valence-electron chi connectivity index (χ4n) is 2.74. The fourth-order valence-corrected chi connectivity index (χ4v) is 2.74. The van der Waals surface area contributed by atoms with E-state index >= 15 is 0 Å². The molecule has 0 bridgehead atoms. The van der Waals surface area contributed by atoms with E-state index in [0.717, 1.165) is 18.2 Å². The number of hydrogen-bond acceptors (Lipinski definition) is 3. The second-order valence-electron chi connectivity index (χ2n) is 5.62. The van der Waals surface area contributed by atoms with Crippen LogP contribution in [0.2, 0.25) is 0 Å². The highest BCUT2D eigenvalue weighted by Gasteiger charge is 2.18. The van der Waals surface area contributed by atoms with Crippen LogP contribution in [0.1, 0.15) is 31.4 Å². The van der Waals surface area contributed by atoms with E-state index in [1.807, 2.05) is 12.1 Å². The van der Waals surface area contributed by atoms with Gasteiger partial charge in [-0.3, -0.25) is 0 Å². The number of likely N-dealkylation sites (tertiary alicyclic amines) is 1. The van der Waals surface area contributed by atoms with Crippen LogP contribution in [0.15, 0.2) is 24.3 Å². The molecule has 3 nitrogen and oxygen atoms in total. The lowest BCUT2D eigenvalue weighted by atomic mass is 9.96. The van der Waals surface area contributed by atoms with E-state index in [-0.39, 0.29) is 0 Å². The van der Waals surface area contributed by atoms with E-state index in [0.29, 0.717) is 6.04 Å². The van der Waals surface area contributed by atoms with Gasteiger partial charge in [-0.25, -0.2) is 0 Å². The van der Waals surface area contributed by atoms with Gasteiger partial charge in [0.2, 0.25) is 0 Å². The third-order valence-corrected chi connectivity index (χ3v) is 4.16. The number of rotatable bonds is 5. The zero-order valence-electron chi connectivity index (χ0n) is 12.4. The Bertz CT molecular complexity index is 386. The molecular formula is C16H26N2O. The first-order chi connectivity index (χ1) is 9.20. The number of ether oxygens (including phenoxy) is 1. The van der Waals surface area contributed by atoms with Crippen molar-refractivity contribution in [1.29, 1.82) is 0 Å². The van der Waals surface area contributed by atoms with Gasteiger partial charge in [0.05, 0.1) is 7.11 Å². The van der Waals surface area contributed by atoms with Crippen molar-refractivity contribution in [2.75, 3.05) is 33.8 Å². The van der Waals surface area contributed by atoms with Crippen molar-refractivity contribution in [3.05, 3.63) is 29.8 Å². The molecule has 0 saturated carbocycles. The molecule has 0 amide bonds. The molecule has 0 unspecified atom stereocenters. The van der Waals surface area contributed by atoms with Crippen molar-refractivity contribution in [1.82, 2.24) is 10.2 Å². The summed E-state index contributed by atoms with van der Waals surface area (Å²) in [4.78, 5) is 2.42. The zero-order chi connectivity index (χ0) is 13.7.